The largest absolute Gasteiger partial charge is 0.352 e. The van der Waals surface area contributed by atoms with E-state index < -0.39 is 0 Å². The van der Waals surface area contributed by atoms with Crippen LogP contribution in [0, 0.1) is 0 Å². The van der Waals surface area contributed by atoms with E-state index in [4.69, 9.17) is 0 Å². The molecule has 94 valence electrons. The molecule has 0 saturated heterocycles. The van der Waals surface area contributed by atoms with Crippen LogP contribution in [0.25, 0.3) is 0 Å². The van der Waals surface area contributed by atoms with E-state index in [0.29, 0.717) is 12.0 Å². The van der Waals surface area contributed by atoms with E-state index in [2.05, 4.69) is 58.5 Å². The molecule has 0 saturated carbocycles. The topological polar surface area (TPSA) is 41.0 Å². The first-order valence-corrected chi connectivity index (χ1v) is 5.99. The van der Waals surface area contributed by atoms with Crippen molar-refractivity contribution in [1.82, 2.24) is 14.9 Å². The predicted molar refractivity (Wildman–Crippen MR) is 73.4 cm³/mol. The van der Waals surface area contributed by atoms with Crippen LogP contribution in [-0.2, 0) is 0 Å². The Morgan fingerprint density at radius 3 is 2.33 bits per heavy atom. The zero-order valence-corrected chi connectivity index (χ0v) is 10.7. The normalized spacial score (nSPS) is 12.4. The second-order valence-corrected chi connectivity index (χ2v) is 4.34. The highest BCUT2D eigenvalue weighted by Gasteiger charge is 2.13. The second-order valence-electron chi connectivity index (χ2n) is 4.34. The van der Waals surface area contributed by atoms with Gasteiger partial charge in [0, 0.05) is 18.9 Å². The Labute approximate surface area is 108 Å². The average molecular weight is 242 g/mol. The van der Waals surface area contributed by atoms with Crippen molar-refractivity contribution in [3.8, 4) is 0 Å². The van der Waals surface area contributed by atoms with Gasteiger partial charge in [-0.05, 0) is 25.7 Å². The number of aromatic nitrogens is 2. The first kappa shape index (κ1) is 12.5. The van der Waals surface area contributed by atoms with Crippen molar-refractivity contribution in [3.05, 3.63) is 54.4 Å². The molecular weight excluding hydrogens is 224 g/mol. The van der Waals surface area contributed by atoms with Gasteiger partial charge in [0.2, 0.25) is 5.95 Å². The highest BCUT2D eigenvalue weighted by Crippen LogP contribution is 2.17. The van der Waals surface area contributed by atoms with E-state index >= 15 is 0 Å². The first-order chi connectivity index (χ1) is 8.77. The van der Waals surface area contributed by atoms with Crippen LogP contribution in [-0.4, -0.2) is 35.5 Å². The molecule has 0 radical (unpaired) electrons. The average Bonchev–Trinajstić information content (AvgIpc) is 2.41. The second kappa shape index (κ2) is 6.12. The molecule has 2 aromatic rings. The predicted octanol–water partition coefficient (Wildman–Crippen LogP) is 2.19. The third-order valence-corrected chi connectivity index (χ3v) is 2.83. The van der Waals surface area contributed by atoms with Crippen LogP contribution in [0.3, 0.4) is 0 Å². The highest BCUT2D eigenvalue weighted by atomic mass is 15.2. The van der Waals surface area contributed by atoms with Crippen LogP contribution in [0.15, 0.2) is 48.8 Å². The van der Waals surface area contributed by atoms with Crippen molar-refractivity contribution >= 4 is 5.95 Å². The summed E-state index contributed by atoms with van der Waals surface area (Å²) in [5.41, 5.74) is 1.28. The molecule has 0 spiro atoms. The molecule has 1 heterocycles. The number of benzene rings is 1. The monoisotopic (exact) mass is 242 g/mol. The van der Waals surface area contributed by atoms with E-state index in [0.717, 1.165) is 6.54 Å². The molecule has 0 aliphatic heterocycles. The lowest BCUT2D eigenvalue weighted by atomic mass is 10.1. The van der Waals surface area contributed by atoms with Gasteiger partial charge in [0.1, 0.15) is 0 Å². The minimum absolute atomic E-state index is 0.301. The summed E-state index contributed by atoms with van der Waals surface area (Å²) in [6.45, 7) is 0.779. The van der Waals surface area contributed by atoms with Gasteiger partial charge in [-0.25, -0.2) is 9.97 Å². The molecular formula is C14H18N4. The van der Waals surface area contributed by atoms with Gasteiger partial charge in [0.25, 0.3) is 0 Å². The summed E-state index contributed by atoms with van der Waals surface area (Å²) in [7, 11) is 4.15. The van der Waals surface area contributed by atoms with Gasteiger partial charge in [0.15, 0.2) is 0 Å². The molecule has 2 rings (SSSR count). The van der Waals surface area contributed by atoms with Crippen molar-refractivity contribution in [2.45, 2.75) is 6.04 Å². The molecule has 0 aliphatic rings. The fraction of sp³-hybridized carbons (Fsp3) is 0.286. The van der Waals surface area contributed by atoms with Crippen molar-refractivity contribution in [2.75, 3.05) is 26.0 Å². The lowest BCUT2D eigenvalue weighted by Gasteiger charge is -2.25. The van der Waals surface area contributed by atoms with Crippen LogP contribution in [0.5, 0.6) is 0 Å². The fourth-order valence-electron chi connectivity index (χ4n) is 1.85. The van der Waals surface area contributed by atoms with Gasteiger partial charge >= 0.3 is 0 Å². The summed E-state index contributed by atoms with van der Waals surface area (Å²) >= 11 is 0. The van der Waals surface area contributed by atoms with Crippen molar-refractivity contribution in [3.63, 3.8) is 0 Å². The number of likely N-dealkylation sites (N-methyl/N-ethyl adjacent to an activating group) is 1. The molecule has 4 nitrogen and oxygen atoms in total. The molecule has 1 atom stereocenters. The summed E-state index contributed by atoms with van der Waals surface area (Å²) in [4.78, 5) is 10.5. The Hall–Kier alpha value is -1.94. The Bertz CT molecular complexity index is 456. The van der Waals surface area contributed by atoms with E-state index in [1.54, 1.807) is 12.4 Å². The molecule has 1 aromatic carbocycles. The number of nitrogens with zero attached hydrogens (tertiary/aromatic N) is 3. The summed E-state index contributed by atoms with van der Waals surface area (Å²) in [6.07, 6.45) is 3.48. The van der Waals surface area contributed by atoms with Gasteiger partial charge in [-0.1, -0.05) is 30.3 Å². The van der Waals surface area contributed by atoms with Gasteiger partial charge in [-0.3, -0.25) is 0 Å². The third kappa shape index (κ3) is 3.28. The van der Waals surface area contributed by atoms with Crippen molar-refractivity contribution in [1.29, 1.82) is 0 Å². The maximum atomic E-state index is 4.16. The third-order valence-electron chi connectivity index (χ3n) is 2.83. The molecule has 1 N–H and O–H groups in total. The van der Waals surface area contributed by atoms with Crippen LogP contribution in [0.2, 0.25) is 0 Å². The number of hydrogen-bond acceptors (Lipinski definition) is 4. The quantitative estimate of drug-likeness (QED) is 0.872. The van der Waals surface area contributed by atoms with Crippen LogP contribution in [0.1, 0.15) is 11.6 Å². The van der Waals surface area contributed by atoms with E-state index in [1.807, 2.05) is 12.1 Å². The first-order valence-electron chi connectivity index (χ1n) is 5.99. The Balaban J connectivity index is 2.04. The van der Waals surface area contributed by atoms with Crippen LogP contribution < -0.4 is 5.32 Å². The minimum Gasteiger partial charge on any atom is -0.352 e. The smallest absolute Gasteiger partial charge is 0.222 e. The van der Waals surface area contributed by atoms with E-state index in [-0.39, 0.29) is 0 Å². The Morgan fingerprint density at radius 2 is 1.72 bits per heavy atom. The number of anilines is 1. The van der Waals surface area contributed by atoms with Gasteiger partial charge in [0.05, 0.1) is 6.04 Å². The Morgan fingerprint density at radius 1 is 1.06 bits per heavy atom. The van der Waals surface area contributed by atoms with E-state index in [1.165, 1.54) is 5.56 Å². The molecule has 18 heavy (non-hydrogen) atoms. The zero-order chi connectivity index (χ0) is 12.8. The van der Waals surface area contributed by atoms with Gasteiger partial charge in [-0.2, -0.15) is 0 Å². The molecule has 0 amide bonds. The van der Waals surface area contributed by atoms with Crippen molar-refractivity contribution < 1.29 is 0 Å². The molecule has 0 bridgehead atoms. The minimum atomic E-state index is 0.301. The molecule has 0 fully saturated rings. The molecule has 1 aromatic heterocycles. The summed E-state index contributed by atoms with van der Waals surface area (Å²) < 4.78 is 0. The maximum Gasteiger partial charge on any atom is 0.222 e. The zero-order valence-electron chi connectivity index (χ0n) is 10.7. The van der Waals surface area contributed by atoms with Crippen LogP contribution >= 0.6 is 0 Å². The van der Waals surface area contributed by atoms with Gasteiger partial charge in [-0.15, -0.1) is 0 Å². The molecule has 4 heteroatoms. The SMILES string of the molecule is CN(C)C(CNc1ncccn1)c1ccccc1. The summed E-state index contributed by atoms with van der Waals surface area (Å²) in [6, 6.07) is 12.5. The van der Waals surface area contributed by atoms with Crippen molar-refractivity contribution in [2.24, 2.45) is 0 Å². The number of hydrogen-bond donors (Lipinski definition) is 1. The van der Waals surface area contributed by atoms with Gasteiger partial charge < -0.3 is 10.2 Å². The fourth-order valence-corrected chi connectivity index (χ4v) is 1.85. The number of nitrogens with one attached hydrogen (secondary N) is 1. The van der Waals surface area contributed by atoms with E-state index in [9.17, 15) is 0 Å². The summed E-state index contributed by atoms with van der Waals surface area (Å²) in [5, 5.41) is 3.26. The number of rotatable bonds is 5. The lowest BCUT2D eigenvalue weighted by Crippen LogP contribution is -2.27. The highest BCUT2D eigenvalue weighted by molar-refractivity contribution is 5.26. The summed E-state index contributed by atoms with van der Waals surface area (Å²) in [5.74, 6) is 0.667. The molecule has 0 aliphatic carbocycles. The standard InChI is InChI=1S/C14H18N4/c1-18(2)13(12-7-4-3-5-8-12)11-17-14-15-9-6-10-16-14/h3-10,13H,11H2,1-2H3,(H,15,16,17). The molecule has 1 unspecified atom stereocenters. The van der Waals surface area contributed by atoms with Crippen LogP contribution in [0.4, 0.5) is 5.95 Å². The maximum absolute atomic E-state index is 4.16. The lowest BCUT2D eigenvalue weighted by molar-refractivity contribution is 0.311. The Kier molecular flexibility index (Phi) is 4.25.